The lowest BCUT2D eigenvalue weighted by molar-refractivity contribution is 0.612. The van der Waals surface area contributed by atoms with Gasteiger partial charge in [-0.25, -0.2) is 4.39 Å². The van der Waals surface area contributed by atoms with Gasteiger partial charge in [-0.3, -0.25) is 0 Å². The minimum Gasteiger partial charge on any atom is -0.369 e. The summed E-state index contributed by atoms with van der Waals surface area (Å²) in [7, 11) is 0. The van der Waals surface area contributed by atoms with Crippen LogP contribution in [0.4, 0.5) is 10.1 Å². The van der Waals surface area contributed by atoms with E-state index in [1.165, 1.54) is 6.07 Å². The van der Waals surface area contributed by atoms with Crippen LogP contribution in [0.1, 0.15) is 32.3 Å². The number of anilines is 1. The summed E-state index contributed by atoms with van der Waals surface area (Å²) < 4.78 is 13.8. The molecule has 0 aliphatic carbocycles. The molecule has 0 aliphatic heterocycles. The van der Waals surface area contributed by atoms with E-state index in [-0.39, 0.29) is 5.82 Å². The highest BCUT2D eigenvalue weighted by Crippen LogP contribution is 2.20. The highest BCUT2D eigenvalue weighted by atomic mass is 19.1. The van der Waals surface area contributed by atoms with Gasteiger partial charge in [0.05, 0.1) is 5.69 Å². The van der Waals surface area contributed by atoms with Crippen LogP contribution in [0.3, 0.4) is 0 Å². The van der Waals surface area contributed by atoms with Gasteiger partial charge >= 0.3 is 0 Å². The van der Waals surface area contributed by atoms with Gasteiger partial charge in [0.25, 0.3) is 0 Å². The smallest absolute Gasteiger partial charge is 0.146 e. The van der Waals surface area contributed by atoms with Crippen molar-refractivity contribution in [1.29, 1.82) is 0 Å². The van der Waals surface area contributed by atoms with Crippen molar-refractivity contribution in [1.82, 2.24) is 0 Å². The molecule has 2 nitrogen and oxygen atoms in total. The zero-order valence-corrected chi connectivity index (χ0v) is 10.2. The van der Waals surface area contributed by atoms with Crippen molar-refractivity contribution in [2.24, 2.45) is 5.73 Å². The first-order valence-electron chi connectivity index (χ1n) is 5.96. The summed E-state index contributed by atoms with van der Waals surface area (Å²) in [5, 5.41) is 0. The Kier molecular flexibility index (Phi) is 5.26. The molecule has 0 aliphatic rings. The molecule has 2 N–H and O–H groups in total. The van der Waals surface area contributed by atoms with E-state index in [1.807, 2.05) is 19.1 Å². The van der Waals surface area contributed by atoms with Gasteiger partial charge in [-0.15, -0.1) is 0 Å². The molecule has 0 bridgehead atoms. The Hall–Kier alpha value is -1.09. The zero-order chi connectivity index (χ0) is 12.0. The van der Waals surface area contributed by atoms with Gasteiger partial charge in [-0.05, 0) is 31.0 Å². The monoisotopic (exact) mass is 224 g/mol. The lowest BCUT2D eigenvalue weighted by Gasteiger charge is -2.23. The Labute approximate surface area is 97.3 Å². The van der Waals surface area contributed by atoms with Crippen LogP contribution in [0.15, 0.2) is 18.2 Å². The number of unbranched alkanes of at least 4 members (excludes halogenated alkanes) is 1. The fourth-order valence-corrected chi connectivity index (χ4v) is 1.73. The minimum absolute atomic E-state index is 0.166. The first-order valence-corrected chi connectivity index (χ1v) is 5.96. The van der Waals surface area contributed by atoms with E-state index in [9.17, 15) is 4.39 Å². The lowest BCUT2D eigenvalue weighted by Crippen LogP contribution is -2.24. The van der Waals surface area contributed by atoms with Crippen LogP contribution < -0.4 is 10.6 Å². The van der Waals surface area contributed by atoms with Gasteiger partial charge in [0.15, 0.2) is 0 Å². The van der Waals surface area contributed by atoms with E-state index in [2.05, 4.69) is 11.8 Å². The second-order valence-corrected chi connectivity index (χ2v) is 3.92. The van der Waals surface area contributed by atoms with Crippen LogP contribution in [0.25, 0.3) is 0 Å². The fourth-order valence-electron chi connectivity index (χ4n) is 1.73. The third-order valence-corrected chi connectivity index (χ3v) is 2.75. The van der Waals surface area contributed by atoms with Gasteiger partial charge in [0.1, 0.15) is 5.82 Å². The molecule has 0 fully saturated rings. The predicted octanol–water partition coefficient (Wildman–Crippen LogP) is 2.91. The molecular formula is C13H21FN2. The first-order chi connectivity index (χ1) is 7.72. The van der Waals surface area contributed by atoms with E-state index in [4.69, 9.17) is 5.73 Å². The van der Waals surface area contributed by atoms with Crippen LogP contribution >= 0.6 is 0 Å². The SMILES string of the molecule is CCCCN(CC)c1ccc(CN)cc1F. The summed E-state index contributed by atoms with van der Waals surface area (Å²) in [6, 6.07) is 5.26. The number of rotatable bonds is 6. The van der Waals surface area contributed by atoms with E-state index in [0.717, 1.165) is 31.5 Å². The lowest BCUT2D eigenvalue weighted by atomic mass is 10.1. The van der Waals surface area contributed by atoms with Gasteiger partial charge in [-0.2, -0.15) is 0 Å². The average Bonchev–Trinajstić information content (AvgIpc) is 2.31. The maximum absolute atomic E-state index is 13.8. The molecule has 0 atom stereocenters. The van der Waals surface area contributed by atoms with Crippen molar-refractivity contribution in [2.45, 2.75) is 33.2 Å². The van der Waals surface area contributed by atoms with Gasteiger partial charge in [0, 0.05) is 19.6 Å². The van der Waals surface area contributed by atoms with Crippen LogP contribution in [-0.2, 0) is 6.54 Å². The molecule has 0 spiro atoms. The van der Waals surface area contributed by atoms with E-state index >= 15 is 0 Å². The molecule has 0 amide bonds. The summed E-state index contributed by atoms with van der Waals surface area (Å²) in [4.78, 5) is 2.07. The number of hydrogen-bond donors (Lipinski definition) is 1. The van der Waals surface area contributed by atoms with Crippen molar-refractivity contribution >= 4 is 5.69 Å². The largest absolute Gasteiger partial charge is 0.369 e. The molecule has 90 valence electrons. The van der Waals surface area contributed by atoms with Crippen LogP contribution in [0.2, 0.25) is 0 Å². The van der Waals surface area contributed by atoms with E-state index in [0.29, 0.717) is 12.2 Å². The molecule has 1 aromatic carbocycles. The highest BCUT2D eigenvalue weighted by molar-refractivity contribution is 5.49. The molecule has 16 heavy (non-hydrogen) atoms. The van der Waals surface area contributed by atoms with Crippen molar-refractivity contribution in [3.8, 4) is 0 Å². The average molecular weight is 224 g/mol. The molecular weight excluding hydrogens is 203 g/mol. The molecule has 1 rings (SSSR count). The third kappa shape index (κ3) is 3.20. The second kappa shape index (κ2) is 6.48. The molecule has 0 saturated carbocycles. The van der Waals surface area contributed by atoms with E-state index in [1.54, 1.807) is 0 Å². The number of nitrogens with zero attached hydrogens (tertiary/aromatic N) is 1. The Morgan fingerprint density at radius 2 is 2.06 bits per heavy atom. The summed E-state index contributed by atoms with van der Waals surface area (Å²) >= 11 is 0. The molecule has 1 aromatic rings. The van der Waals surface area contributed by atoms with Crippen molar-refractivity contribution in [3.63, 3.8) is 0 Å². The Morgan fingerprint density at radius 1 is 1.31 bits per heavy atom. The Bertz CT molecular complexity index is 326. The van der Waals surface area contributed by atoms with E-state index < -0.39 is 0 Å². The number of hydrogen-bond acceptors (Lipinski definition) is 2. The van der Waals surface area contributed by atoms with Gasteiger partial charge in [-0.1, -0.05) is 19.4 Å². The van der Waals surface area contributed by atoms with Crippen molar-refractivity contribution in [2.75, 3.05) is 18.0 Å². The van der Waals surface area contributed by atoms with Crippen molar-refractivity contribution < 1.29 is 4.39 Å². The highest BCUT2D eigenvalue weighted by Gasteiger charge is 2.09. The van der Waals surface area contributed by atoms with Gasteiger partial charge in [0.2, 0.25) is 0 Å². The first kappa shape index (κ1) is 13.0. The summed E-state index contributed by atoms with van der Waals surface area (Å²) in [6.45, 7) is 6.32. The fraction of sp³-hybridized carbons (Fsp3) is 0.538. The number of benzene rings is 1. The summed E-state index contributed by atoms with van der Waals surface area (Å²) in [5.74, 6) is -0.166. The quantitative estimate of drug-likeness (QED) is 0.805. The molecule has 0 saturated heterocycles. The zero-order valence-electron chi connectivity index (χ0n) is 10.2. The van der Waals surface area contributed by atoms with Crippen LogP contribution in [0, 0.1) is 5.82 Å². The van der Waals surface area contributed by atoms with Crippen molar-refractivity contribution in [3.05, 3.63) is 29.6 Å². The maximum Gasteiger partial charge on any atom is 0.146 e. The molecule has 0 aromatic heterocycles. The standard InChI is InChI=1S/C13H21FN2/c1-3-5-8-16(4-2)13-7-6-11(10-15)9-12(13)14/h6-7,9H,3-5,8,10,15H2,1-2H3. The topological polar surface area (TPSA) is 29.3 Å². The molecule has 0 unspecified atom stereocenters. The second-order valence-electron chi connectivity index (χ2n) is 3.92. The molecule has 0 radical (unpaired) electrons. The maximum atomic E-state index is 13.8. The number of nitrogens with two attached hydrogens (primary N) is 1. The Balaban J connectivity index is 2.83. The van der Waals surface area contributed by atoms with Gasteiger partial charge < -0.3 is 10.6 Å². The number of halogens is 1. The molecule has 0 heterocycles. The normalized spacial score (nSPS) is 10.5. The minimum atomic E-state index is -0.166. The summed E-state index contributed by atoms with van der Waals surface area (Å²) in [5.41, 5.74) is 7.01. The molecule has 3 heteroatoms. The predicted molar refractivity (Wildman–Crippen MR) is 67.1 cm³/mol. The summed E-state index contributed by atoms with van der Waals surface area (Å²) in [6.07, 6.45) is 2.21. The Morgan fingerprint density at radius 3 is 2.56 bits per heavy atom. The van der Waals surface area contributed by atoms with Crippen LogP contribution in [0.5, 0.6) is 0 Å². The third-order valence-electron chi connectivity index (χ3n) is 2.75. The van der Waals surface area contributed by atoms with Crippen LogP contribution in [-0.4, -0.2) is 13.1 Å².